The molecule has 4 fully saturated rings. The Bertz CT molecular complexity index is 715. The summed E-state index contributed by atoms with van der Waals surface area (Å²) in [5.41, 5.74) is 0. The minimum absolute atomic E-state index is 0.0157. The molecule has 4 aliphatic heterocycles. The van der Waals surface area contributed by atoms with E-state index in [-0.39, 0.29) is 36.1 Å². The molecule has 188 valence electrons. The van der Waals surface area contributed by atoms with E-state index in [0.29, 0.717) is 44.2 Å². The summed E-state index contributed by atoms with van der Waals surface area (Å²) in [4.78, 5) is 33.3. The van der Waals surface area contributed by atoms with Gasteiger partial charge in [0, 0.05) is 51.6 Å². The Labute approximate surface area is 199 Å². The van der Waals surface area contributed by atoms with E-state index in [0.717, 1.165) is 26.1 Å². The number of piperazine rings is 1. The van der Waals surface area contributed by atoms with Crippen molar-refractivity contribution in [2.24, 2.45) is 11.8 Å². The zero-order valence-electron chi connectivity index (χ0n) is 21.4. The molecule has 4 saturated heterocycles. The standard InChI is InChI=1S/C25H44N4O4/c1-16(2)11-19-23(30)29(10-8-26-19)20(12-17(3)4)24(31)28-9-7-25(13-18(28)5)32-21-14-27(6)15-22(21)33-25/h16-22,26H,7-15H2,1-6H3/t18-,19-,20-,21-,22?,25?/m0/s1. The monoisotopic (exact) mass is 464 g/mol. The number of hydrogen-bond donors (Lipinski definition) is 1. The molecule has 1 spiro atoms. The molecule has 0 aromatic heterocycles. The predicted molar refractivity (Wildman–Crippen MR) is 127 cm³/mol. The van der Waals surface area contributed by atoms with Gasteiger partial charge in [0.1, 0.15) is 18.2 Å². The lowest BCUT2D eigenvalue weighted by molar-refractivity contribution is -0.217. The predicted octanol–water partition coefficient (Wildman–Crippen LogP) is 1.68. The molecule has 33 heavy (non-hydrogen) atoms. The maximum atomic E-state index is 13.9. The average Bonchev–Trinajstić information content (AvgIpc) is 3.20. The number of rotatable bonds is 6. The van der Waals surface area contributed by atoms with Crippen molar-refractivity contribution in [1.82, 2.24) is 20.0 Å². The van der Waals surface area contributed by atoms with Gasteiger partial charge in [-0.05, 0) is 38.6 Å². The third-order valence-corrected chi connectivity index (χ3v) is 7.67. The highest BCUT2D eigenvalue weighted by Crippen LogP contribution is 2.42. The van der Waals surface area contributed by atoms with Gasteiger partial charge in [-0.1, -0.05) is 27.7 Å². The van der Waals surface area contributed by atoms with Crippen LogP contribution in [0.5, 0.6) is 0 Å². The number of likely N-dealkylation sites (tertiary alicyclic amines) is 2. The first kappa shape index (κ1) is 24.9. The van der Waals surface area contributed by atoms with E-state index >= 15 is 0 Å². The van der Waals surface area contributed by atoms with Crippen molar-refractivity contribution in [2.45, 2.75) is 96.4 Å². The molecule has 8 heteroatoms. The summed E-state index contributed by atoms with van der Waals surface area (Å²) < 4.78 is 12.8. The minimum Gasteiger partial charge on any atom is -0.342 e. The molecular weight excluding hydrogens is 420 g/mol. The number of nitrogens with one attached hydrogen (secondary N) is 1. The molecule has 6 atom stereocenters. The zero-order valence-corrected chi connectivity index (χ0v) is 21.4. The van der Waals surface area contributed by atoms with Crippen LogP contribution in [0.1, 0.15) is 60.3 Å². The molecule has 8 nitrogen and oxygen atoms in total. The third-order valence-electron chi connectivity index (χ3n) is 7.67. The van der Waals surface area contributed by atoms with Gasteiger partial charge < -0.3 is 29.5 Å². The van der Waals surface area contributed by atoms with Crippen LogP contribution in [-0.4, -0.2) is 102 Å². The summed E-state index contributed by atoms with van der Waals surface area (Å²) in [5.74, 6) is 0.356. The molecule has 1 N–H and O–H groups in total. The first-order chi connectivity index (χ1) is 15.6. The number of hydrogen-bond acceptors (Lipinski definition) is 6. The minimum atomic E-state index is -0.562. The van der Waals surface area contributed by atoms with Crippen LogP contribution < -0.4 is 5.32 Å². The van der Waals surface area contributed by atoms with Crippen molar-refractivity contribution >= 4 is 11.8 Å². The van der Waals surface area contributed by atoms with Crippen LogP contribution in [0.4, 0.5) is 0 Å². The van der Waals surface area contributed by atoms with Crippen LogP contribution in [0, 0.1) is 11.8 Å². The lowest BCUT2D eigenvalue weighted by Crippen LogP contribution is -2.63. The van der Waals surface area contributed by atoms with Crippen molar-refractivity contribution < 1.29 is 19.1 Å². The smallest absolute Gasteiger partial charge is 0.245 e. The SMILES string of the molecule is CC(C)C[C@@H]1NCCN([C@@H](CC(C)C)C(=O)N2CCC3(C[C@@H]2C)OC2CN(C)C[C@@H]2O3)C1=O. The second kappa shape index (κ2) is 9.80. The zero-order chi connectivity index (χ0) is 23.9. The molecule has 4 aliphatic rings. The summed E-state index contributed by atoms with van der Waals surface area (Å²) >= 11 is 0. The number of piperidine rings is 1. The summed E-state index contributed by atoms with van der Waals surface area (Å²) in [6, 6.07) is -0.577. The highest BCUT2D eigenvalue weighted by molar-refractivity contribution is 5.90. The molecule has 2 unspecified atom stereocenters. The largest absolute Gasteiger partial charge is 0.342 e. The first-order valence-corrected chi connectivity index (χ1v) is 13.0. The van der Waals surface area contributed by atoms with Crippen LogP contribution in [-0.2, 0) is 19.1 Å². The van der Waals surface area contributed by atoms with Crippen molar-refractivity contribution in [3.63, 3.8) is 0 Å². The number of nitrogens with zero attached hydrogens (tertiary/aromatic N) is 3. The topological polar surface area (TPSA) is 74.3 Å². The Morgan fingerprint density at radius 2 is 1.79 bits per heavy atom. The highest BCUT2D eigenvalue weighted by atomic mass is 16.8. The molecule has 0 aromatic rings. The van der Waals surface area contributed by atoms with Crippen LogP contribution in [0.15, 0.2) is 0 Å². The Morgan fingerprint density at radius 1 is 1.12 bits per heavy atom. The number of fused-ring (bicyclic) bond motifs is 1. The maximum Gasteiger partial charge on any atom is 0.245 e. The lowest BCUT2D eigenvalue weighted by Gasteiger charge is -2.46. The van der Waals surface area contributed by atoms with Gasteiger partial charge in [0.15, 0.2) is 5.79 Å². The molecule has 4 heterocycles. The lowest BCUT2D eigenvalue weighted by atomic mass is 9.93. The normalized spacial score (nSPS) is 36.3. The molecule has 0 aromatic carbocycles. The van der Waals surface area contributed by atoms with Gasteiger partial charge >= 0.3 is 0 Å². The molecule has 0 saturated carbocycles. The van der Waals surface area contributed by atoms with Crippen LogP contribution in [0.25, 0.3) is 0 Å². The number of amides is 2. The molecule has 0 bridgehead atoms. The highest BCUT2D eigenvalue weighted by Gasteiger charge is 2.54. The van der Waals surface area contributed by atoms with Crippen LogP contribution >= 0.6 is 0 Å². The summed E-state index contributed by atoms with van der Waals surface area (Å²) in [5, 5.41) is 3.37. The molecular formula is C25H44N4O4. The van der Waals surface area contributed by atoms with E-state index in [2.05, 4.69) is 51.9 Å². The fourth-order valence-corrected chi connectivity index (χ4v) is 6.17. The second-order valence-corrected chi connectivity index (χ2v) is 11.6. The fraction of sp³-hybridized carbons (Fsp3) is 0.920. The van der Waals surface area contributed by atoms with Crippen molar-refractivity contribution in [3.8, 4) is 0 Å². The van der Waals surface area contributed by atoms with Crippen molar-refractivity contribution in [3.05, 3.63) is 0 Å². The van der Waals surface area contributed by atoms with E-state index in [1.165, 1.54) is 0 Å². The van der Waals surface area contributed by atoms with E-state index in [1.54, 1.807) is 0 Å². The Balaban J connectivity index is 1.44. The quantitative estimate of drug-likeness (QED) is 0.645. The fourth-order valence-electron chi connectivity index (χ4n) is 6.17. The first-order valence-electron chi connectivity index (χ1n) is 13.0. The molecule has 0 aliphatic carbocycles. The summed E-state index contributed by atoms with van der Waals surface area (Å²) in [7, 11) is 2.10. The van der Waals surface area contributed by atoms with Gasteiger partial charge in [0.05, 0.1) is 6.04 Å². The van der Waals surface area contributed by atoms with Crippen molar-refractivity contribution in [2.75, 3.05) is 39.8 Å². The summed E-state index contributed by atoms with van der Waals surface area (Å²) in [6.07, 6.45) is 3.14. The maximum absolute atomic E-state index is 13.9. The van der Waals surface area contributed by atoms with Gasteiger partial charge in [0.25, 0.3) is 0 Å². The number of carbonyl (C=O) groups excluding carboxylic acids is 2. The summed E-state index contributed by atoms with van der Waals surface area (Å²) in [6.45, 7) is 14.4. The van der Waals surface area contributed by atoms with E-state index in [4.69, 9.17) is 9.47 Å². The molecule has 2 amide bonds. The van der Waals surface area contributed by atoms with Gasteiger partial charge in [0.2, 0.25) is 11.8 Å². The van der Waals surface area contributed by atoms with E-state index in [1.807, 2.05) is 9.80 Å². The Kier molecular flexibility index (Phi) is 7.39. The van der Waals surface area contributed by atoms with Gasteiger partial charge in [-0.15, -0.1) is 0 Å². The van der Waals surface area contributed by atoms with Crippen molar-refractivity contribution in [1.29, 1.82) is 0 Å². The second-order valence-electron chi connectivity index (χ2n) is 11.6. The van der Waals surface area contributed by atoms with E-state index in [9.17, 15) is 9.59 Å². The number of likely N-dealkylation sites (N-methyl/N-ethyl adjacent to an activating group) is 1. The van der Waals surface area contributed by atoms with Crippen LogP contribution in [0.2, 0.25) is 0 Å². The van der Waals surface area contributed by atoms with E-state index < -0.39 is 11.8 Å². The van der Waals surface area contributed by atoms with Gasteiger partial charge in [-0.25, -0.2) is 0 Å². The van der Waals surface area contributed by atoms with Crippen LogP contribution in [0.3, 0.4) is 0 Å². The number of carbonyl (C=O) groups is 2. The molecule has 4 rings (SSSR count). The number of ether oxygens (including phenoxy) is 2. The third kappa shape index (κ3) is 5.24. The van der Waals surface area contributed by atoms with Gasteiger partial charge in [-0.2, -0.15) is 0 Å². The molecule has 0 radical (unpaired) electrons. The Hall–Kier alpha value is -1.22. The van der Waals surface area contributed by atoms with Gasteiger partial charge in [-0.3, -0.25) is 9.59 Å². The average molecular weight is 465 g/mol. The Morgan fingerprint density at radius 3 is 2.36 bits per heavy atom.